The lowest BCUT2D eigenvalue weighted by molar-refractivity contribution is -0.0503. The fourth-order valence-electron chi connectivity index (χ4n) is 3.09. The molecule has 0 bridgehead atoms. The molecule has 3 rings (SSSR count). The van der Waals surface area contributed by atoms with Gasteiger partial charge in [-0.05, 0) is 19.8 Å². The summed E-state index contributed by atoms with van der Waals surface area (Å²) in [5.41, 5.74) is 0.0645. The SMILES string of the molecule is CCOc1cc(N2CCOC3(CCCC3)C2)ncn1. The largest absolute Gasteiger partial charge is 0.478 e. The molecule has 1 saturated heterocycles. The lowest BCUT2D eigenvalue weighted by atomic mass is 10.00. The number of aromatic nitrogens is 2. The molecule has 1 aliphatic heterocycles. The summed E-state index contributed by atoms with van der Waals surface area (Å²) in [5, 5.41) is 0. The molecular formula is C14H21N3O2. The molecular weight excluding hydrogens is 242 g/mol. The van der Waals surface area contributed by atoms with Crippen molar-refractivity contribution in [1.82, 2.24) is 9.97 Å². The molecule has 0 N–H and O–H groups in total. The predicted octanol–water partition coefficient (Wildman–Crippen LogP) is 2.02. The highest BCUT2D eigenvalue weighted by Crippen LogP contribution is 2.36. The summed E-state index contributed by atoms with van der Waals surface area (Å²) in [6, 6.07) is 1.93. The summed E-state index contributed by atoms with van der Waals surface area (Å²) >= 11 is 0. The number of rotatable bonds is 3. The zero-order valence-corrected chi connectivity index (χ0v) is 11.5. The summed E-state index contributed by atoms with van der Waals surface area (Å²) in [5.74, 6) is 1.60. The first-order chi connectivity index (χ1) is 9.31. The molecule has 5 nitrogen and oxygen atoms in total. The third kappa shape index (κ3) is 2.66. The van der Waals surface area contributed by atoms with Crippen LogP contribution in [0.15, 0.2) is 12.4 Å². The van der Waals surface area contributed by atoms with E-state index in [1.807, 2.05) is 13.0 Å². The van der Waals surface area contributed by atoms with E-state index in [9.17, 15) is 0 Å². The van der Waals surface area contributed by atoms with Crippen molar-refractivity contribution in [3.05, 3.63) is 12.4 Å². The molecule has 0 amide bonds. The zero-order chi connectivity index (χ0) is 13.1. The van der Waals surface area contributed by atoms with Crippen LogP contribution < -0.4 is 9.64 Å². The summed E-state index contributed by atoms with van der Waals surface area (Å²) in [6.07, 6.45) is 6.49. The smallest absolute Gasteiger partial charge is 0.218 e. The van der Waals surface area contributed by atoms with Crippen molar-refractivity contribution < 1.29 is 9.47 Å². The van der Waals surface area contributed by atoms with Crippen LogP contribution in [-0.4, -0.2) is 41.9 Å². The Morgan fingerprint density at radius 2 is 2.21 bits per heavy atom. The Labute approximate surface area is 113 Å². The fourth-order valence-corrected chi connectivity index (χ4v) is 3.09. The average molecular weight is 263 g/mol. The van der Waals surface area contributed by atoms with Gasteiger partial charge in [0.05, 0.1) is 18.8 Å². The van der Waals surface area contributed by atoms with E-state index < -0.39 is 0 Å². The van der Waals surface area contributed by atoms with Crippen molar-refractivity contribution in [1.29, 1.82) is 0 Å². The molecule has 1 spiro atoms. The first-order valence-electron chi connectivity index (χ1n) is 7.15. The lowest BCUT2D eigenvalue weighted by Gasteiger charge is -2.41. The summed E-state index contributed by atoms with van der Waals surface area (Å²) in [7, 11) is 0. The molecule has 0 aromatic carbocycles. The Hall–Kier alpha value is -1.36. The van der Waals surface area contributed by atoms with Crippen molar-refractivity contribution in [2.45, 2.75) is 38.2 Å². The van der Waals surface area contributed by atoms with Gasteiger partial charge in [-0.2, -0.15) is 0 Å². The van der Waals surface area contributed by atoms with Gasteiger partial charge < -0.3 is 14.4 Å². The highest BCUT2D eigenvalue weighted by atomic mass is 16.5. The third-order valence-corrected chi connectivity index (χ3v) is 4.01. The molecule has 2 heterocycles. The van der Waals surface area contributed by atoms with Crippen LogP contribution in [0, 0.1) is 0 Å². The van der Waals surface area contributed by atoms with E-state index in [0.717, 1.165) is 25.5 Å². The zero-order valence-electron chi connectivity index (χ0n) is 11.5. The van der Waals surface area contributed by atoms with Crippen molar-refractivity contribution in [3.63, 3.8) is 0 Å². The van der Waals surface area contributed by atoms with E-state index in [2.05, 4.69) is 14.9 Å². The highest BCUT2D eigenvalue weighted by molar-refractivity contribution is 5.42. The molecule has 104 valence electrons. The molecule has 2 aliphatic rings. The van der Waals surface area contributed by atoms with Gasteiger partial charge in [0.15, 0.2) is 0 Å². The number of anilines is 1. The maximum Gasteiger partial charge on any atom is 0.218 e. The Morgan fingerprint density at radius 1 is 1.37 bits per heavy atom. The molecule has 2 fully saturated rings. The Bertz CT molecular complexity index is 432. The van der Waals surface area contributed by atoms with Gasteiger partial charge in [-0.15, -0.1) is 0 Å². The predicted molar refractivity (Wildman–Crippen MR) is 72.6 cm³/mol. The van der Waals surface area contributed by atoms with Crippen LogP contribution in [0.4, 0.5) is 5.82 Å². The van der Waals surface area contributed by atoms with Gasteiger partial charge in [0.2, 0.25) is 5.88 Å². The first kappa shape index (κ1) is 12.7. The van der Waals surface area contributed by atoms with Crippen LogP contribution in [0.25, 0.3) is 0 Å². The lowest BCUT2D eigenvalue weighted by Crippen LogP contribution is -2.50. The minimum Gasteiger partial charge on any atom is -0.478 e. The van der Waals surface area contributed by atoms with Gasteiger partial charge in [-0.25, -0.2) is 9.97 Å². The Balaban J connectivity index is 1.75. The molecule has 1 aliphatic carbocycles. The van der Waals surface area contributed by atoms with E-state index in [1.54, 1.807) is 6.33 Å². The molecule has 1 saturated carbocycles. The Morgan fingerprint density at radius 3 is 3.00 bits per heavy atom. The van der Waals surface area contributed by atoms with Crippen molar-refractivity contribution in [2.24, 2.45) is 0 Å². The molecule has 1 aromatic heterocycles. The van der Waals surface area contributed by atoms with E-state index in [-0.39, 0.29) is 5.60 Å². The fraction of sp³-hybridized carbons (Fsp3) is 0.714. The Kier molecular flexibility index (Phi) is 3.55. The topological polar surface area (TPSA) is 47.5 Å². The summed E-state index contributed by atoms with van der Waals surface area (Å²) in [4.78, 5) is 10.8. The van der Waals surface area contributed by atoms with Gasteiger partial charge in [-0.3, -0.25) is 0 Å². The summed E-state index contributed by atoms with van der Waals surface area (Å²) < 4.78 is 11.5. The van der Waals surface area contributed by atoms with Gasteiger partial charge in [0.1, 0.15) is 12.1 Å². The normalized spacial score (nSPS) is 21.8. The van der Waals surface area contributed by atoms with Crippen LogP contribution in [-0.2, 0) is 4.74 Å². The molecule has 0 atom stereocenters. The minimum atomic E-state index is 0.0645. The van der Waals surface area contributed by atoms with Crippen molar-refractivity contribution in [3.8, 4) is 5.88 Å². The first-order valence-corrected chi connectivity index (χ1v) is 7.15. The molecule has 1 aromatic rings. The molecule has 5 heteroatoms. The second-order valence-electron chi connectivity index (χ2n) is 5.31. The highest BCUT2D eigenvalue weighted by Gasteiger charge is 2.39. The van der Waals surface area contributed by atoms with Gasteiger partial charge in [0, 0.05) is 19.2 Å². The maximum absolute atomic E-state index is 6.04. The monoisotopic (exact) mass is 263 g/mol. The second kappa shape index (κ2) is 5.33. The van der Waals surface area contributed by atoms with Crippen LogP contribution in [0.3, 0.4) is 0 Å². The van der Waals surface area contributed by atoms with Crippen molar-refractivity contribution >= 4 is 5.82 Å². The van der Waals surface area contributed by atoms with E-state index >= 15 is 0 Å². The van der Waals surface area contributed by atoms with Crippen LogP contribution in [0.1, 0.15) is 32.6 Å². The number of morpholine rings is 1. The number of ether oxygens (including phenoxy) is 2. The minimum absolute atomic E-state index is 0.0645. The average Bonchev–Trinajstić information content (AvgIpc) is 2.87. The standard InChI is InChI=1S/C14H21N3O2/c1-2-18-13-9-12(15-11-16-13)17-7-8-19-14(10-17)5-3-4-6-14/h9,11H,2-8,10H2,1H3. The van der Waals surface area contributed by atoms with Crippen LogP contribution in [0.5, 0.6) is 5.88 Å². The van der Waals surface area contributed by atoms with Gasteiger partial charge in [0.25, 0.3) is 0 Å². The summed E-state index contributed by atoms with van der Waals surface area (Å²) in [6.45, 7) is 5.21. The molecule has 0 unspecified atom stereocenters. The third-order valence-electron chi connectivity index (χ3n) is 4.01. The second-order valence-corrected chi connectivity index (χ2v) is 5.31. The van der Waals surface area contributed by atoms with E-state index in [4.69, 9.17) is 9.47 Å². The number of nitrogens with zero attached hydrogens (tertiary/aromatic N) is 3. The van der Waals surface area contributed by atoms with E-state index in [0.29, 0.717) is 12.5 Å². The maximum atomic E-state index is 6.04. The van der Waals surface area contributed by atoms with Gasteiger partial charge >= 0.3 is 0 Å². The van der Waals surface area contributed by atoms with Gasteiger partial charge in [-0.1, -0.05) is 12.8 Å². The van der Waals surface area contributed by atoms with Crippen molar-refractivity contribution in [2.75, 3.05) is 31.2 Å². The molecule has 0 radical (unpaired) electrons. The molecule has 19 heavy (non-hydrogen) atoms. The number of hydrogen-bond donors (Lipinski definition) is 0. The van der Waals surface area contributed by atoms with E-state index in [1.165, 1.54) is 25.7 Å². The van der Waals surface area contributed by atoms with Crippen LogP contribution in [0.2, 0.25) is 0 Å². The van der Waals surface area contributed by atoms with Crippen LogP contribution >= 0.6 is 0 Å². The number of hydrogen-bond acceptors (Lipinski definition) is 5. The quantitative estimate of drug-likeness (QED) is 0.835.